The number of hydrogen-bond donors (Lipinski definition) is 1. The normalized spacial score (nSPS) is 10.9. The maximum Gasteiger partial charge on any atom is 0.348 e. The second-order valence-electron chi connectivity index (χ2n) is 5.73. The summed E-state index contributed by atoms with van der Waals surface area (Å²) >= 11 is 4.46. The molecule has 27 heavy (non-hydrogen) atoms. The summed E-state index contributed by atoms with van der Waals surface area (Å²) in [5, 5.41) is 3.41. The van der Waals surface area contributed by atoms with Crippen LogP contribution in [-0.4, -0.2) is 29.2 Å². The highest BCUT2D eigenvalue weighted by Gasteiger charge is 2.20. The Morgan fingerprint density at radius 1 is 1.19 bits per heavy atom. The number of hydrogen-bond acceptors (Lipinski definition) is 7. The average molecular weight is 421 g/mol. The van der Waals surface area contributed by atoms with Crippen molar-refractivity contribution >= 4 is 61.0 Å². The molecule has 2 heterocycles. The molecule has 3 aromatic rings. The highest BCUT2D eigenvalue weighted by Crippen LogP contribution is 2.37. The Balaban J connectivity index is 1.67. The number of aromatic nitrogens is 1. The summed E-state index contributed by atoms with van der Waals surface area (Å²) in [7, 11) is 0. The molecule has 0 fully saturated rings. The monoisotopic (exact) mass is 420 g/mol. The molecule has 1 aromatic carbocycles. The van der Waals surface area contributed by atoms with Gasteiger partial charge in [0.05, 0.1) is 17.7 Å². The second kappa shape index (κ2) is 8.86. The molecule has 0 aliphatic heterocycles. The van der Waals surface area contributed by atoms with Crippen LogP contribution in [0.25, 0.3) is 9.53 Å². The van der Waals surface area contributed by atoms with E-state index in [-0.39, 0.29) is 11.9 Å². The number of thiazole rings is 1. The van der Waals surface area contributed by atoms with Crippen LogP contribution < -0.4 is 5.32 Å². The number of anilines is 1. The van der Waals surface area contributed by atoms with Gasteiger partial charge in [0.15, 0.2) is 5.13 Å². The fourth-order valence-electron chi connectivity index (χ4n) is 2.55. The minimum atomic E-state index is -0.319. The van der Waals surface area contributed by atoms with E-state index in [0.717, 1.165) is 26.4 Å². The Hall–Kier alpha value is -1.90. The number of nitrogens with one attached hydrogen (secondary N) is 1. The van der Waals surface area contributed by atoms with Crippen molar-refractivity contribution in [3.05, 3.63) is 40.3 Å². The first kappa shape index (κ1) is 19.9. The van der Waals surface area contributed by atoms with E-state index in [0.29, 0.717) is 23.0 Å². The minimum Gasteiger partial charge on any atom is -0.462 e. The van der Waals surface area contributed by atoms with Crippen LogP contribution in [0.1, 0.15) is 34.6 Å². The predicted molar refractivity (Wildman–Crippen MR) is 113 cm³/mol. The number of aryl methyl sites for hydroxylation is 1. The topological polar surface area (TPSA) is 68.3 Å². The number of thioether (sulfide) groups is 1. The van der Waals surface area contributed by atoms with Crippen LogP contribution in [0, 0.1) is 6.92 Å². The Labute approximate surface area is 170 Å². The second-order valence-corrected chi connectivity index (χ2v) is 9.07. The molecular weight excluding hydrogens is 400 g/mol. The summed E-state index contributed by atoms with van der Waals surface area (Å²) in [4.78, 5) is 31.3. The molecule has 3 rings (SSSR count). The lowest BCUT2D eigenvalue weighted by Crippen LogP contribution is -2.14. The molecule has 1 amide bonds. The van der Waals surface area contributed by atoms with Gasteiger partial charge in [-0.15, -0.1) is 23.1 Å². The largest absolute Gasteiger partial charge is 0.462 e. The first-order valence-corrected chi connectivity index (χ1v) is 11.2. The van der Waals surface area contributed by atoms with Crippen molar-refractivity contribution < 1.29 is 14.3 Å². The molecule has 142 valence electrons. The van der Waals surface area contributed by atoms with Crippen LogP contribution in [0.4, 0.5) is 5.13 Å². The number of ether oxygens (including phenoxy) is 1. The number of amides is 1. The molecular formula is C19H20N2O3S3. The van der Waals surface area contributed by atoms with Crippen LogP contribution in [0.2, 0.25) is 0 Å². The van der Waals surface area contributed by atoms with Crippen LogP contribution in [0.15, 0.2) is 29.2 Å². The first-order valence-electron chi connectivity index (χ1n) is 8.60. The maximum absolute atomic E-state index is 12.3. The lowest BCUT2D eigenvalue weighted by molar-refractivity contribution is -0.115. The number of carbonyl (C=O) groups is 2. The zero-order valence-electron chi connectivity index (χ0n) is 15.3. The van der Waals surface area contributed by atoms with Crippen LogP contribution in [-0.2, 0) is 16.0 Å². The van der Waals surface area contributed by atoms with Gasteiger partial charge in [0.2, 0.25) is 5.91 Å². The summed E-state index contributed by atoms with van der Waals surface area (Å²) in [5.74, 6) is 0.606. The quantitative estimate of drug-likeness (QED) is 0.424. The van der Waals surface area contributed by atoms with Gasteiger partial charge in [-0.25, -0.2) is 9.78 Å². The third-order valence-electron chi connectivity index (χ3n) is 3.78. The van der Waals surface area contributed by atoms with Gasteiger partial charge < -0.3 is 10.1 Å². The zero-order chi connectivity index (χ0) is 19.4. The van der Waals surface area contributed by atoms with Gasteiger partial charge in [-0.05, 0) is 42.9 Å². The molecule has 0 aliphatic rings. The Kier molecular flexibility index (Phi) is 6.51. The van der Waals surface area contributed by atoms with Gasteiger partial charge in [0, 0.05) is 4.90 Å². The van der Waals surface area contributed by atoms with Crippen LogP contribution >= 0.6 is 34.4 Å². The van der Waals surface area contributed by atoms with Gasteiger partial charge in [0.25, 0.3) is 0 Å². The van der Waals surface area contributed by atoms with E-state index < -0.39 is 0 Å². The lowest BCUT2D eigenvalue weighted by atomic mass is 10.1. The highest BCUT2D eigenvalue weighted by atomic mass is 32.2. The lowest BCUT2D eigenvalue weighted by Gasteiger charge is -2.04. The SMILES string of the molecule is CCOC(=O)c1sc2nc(NC(=O)Cc3ccc(SCC)cc3)sc2c1C. The number of thiophene rings is 1. The third-order valence-corrected chi connectivity index (χ3v) is 7.06. The third kappa shape index (κ3) is 4.69. The van der Waals surface area contributed by atoms with E-state index in [1.165, 1.54) is 27.6 Å². The van der Waals surface area contributed by atoms with E-state index in [2.05, 4.69) is 17.2 Å². The summed E-state index contributed by atoms with van der Waals surface area (Å²) in [6, 6.07) is 8.04. The summed E-state index contributed by atoms with van der Waals surface area (Å²) in [6.45, 7) is 6.12. The smallest absolute Gasteiger partial charge is 0.348 e. The maximum atomic E-state index is 12.3. The molecule has 0 atom stereocenters. The number of benzene rings is 1. The van der Waals surface area contributed by atoms with Crippen molar-refractivity contribution in [1.29, 1.82) is 0 Å². The number of nitrogens with zero attached hydrogens (tertiary/aromatic N) is 1. The van der Waals surface area contributed by atoms with Crippen LogP contribution in [0.5, 0.6) is 0 Å². The predicted octanol–water partition coefficient (Wildman–Crippen LogP) is 5.14. The van der Waals surface area contributed by atoms with Gasteiger partial charge in [-0.1, -0.05) is 30.4 Å². The molecule has 0 saturated carbocycles. The van der Waals surface area contributed by atoms with Gasteiger partial charge in [-0.3, -0.25) is 4.79 Å². The number of carbonyl (C=O) groups excluding carboxylic acids is 2. The minimum absolute atomic E-state index is 0.101. The summed E-state index contributed by atoms with van der Waals surface area (Å²) < 4.78 is 5.99. The van der Waals surface area contributed by atoms with Crippen molar-refractivity contribution in [2.45, 2.75) is 32.1 Å². The molecule has 1 N–H and O–H groups in total. The fourth-order valence-corrected chi connectivity index (χ4v) is 5.44. The van der Waals surface area contributed by atoms with Gasteiger partial charge in [-0.2, -0.15) is 0 Å². The first-order chi connectivity index (χ1) is 13.0. The molecule has 0 radical (unpaired) electrons. The average Bonchev–Trinajstić information content (AvgIpc) is 3.16. The molecule has 5 nitrogen and oxygen atoms in total. The molecule has 0 saturated heterocycles. The Morgan fingerprint density at radius 2 is 1.93 bits per heavy atom. The van der Waals surface area contributed by atoms with Crippen molar-refractivity contribution in [3.8, 4) is 0 Å². The molecule has 0 spiro atoms. The zero-order valence-corrected chi connectivity index (χ0v) is 17.8. The highest BCUT2D eigenvalue weighted by molar-refractivity contribution is 7.99. The van der Waals surface area contributed by atoms with E-state index >= 15 is 0 Å². The Morgan fingerprint density at radius 3 is 2.56 bits per heavy atom. The molecule has 8 heteroatoms. The standard InChI is InChI=1S/C19H20N2O3S3/c1-4-24-18(23)16-11(3)15-17(26-16)21-19(27-15)20-14(22)10-12-6-8-13(9-7-12)25-5-2/h6-9H,4-5,10H2,1-3H3,(H,20,21,22). The van der Waals surface area contributed by atoms with Gasteiger partial charge >= 0.3 is 5.97 Å². The van der Waals surface area contributed by atoms with E-state index in [1.54, 1.807) is 18.7 Å². The molecule has 0 bridgehead atoms. The van der Waals surface area contributed by atoms with Gasteiger partial charge in [0.1, 0.15) is 9.71 Å². The Bertz CT molecular complexity index is 961. The molecule has 0 aliphatic carbocycles. The van der Waals surface area contributed by atoms with E-state index in [1.807, 2.05) is 31.2 Å². The van der Waals surface area contributed by atoms with Crippen molar-refractivity contribution in [2.75, 3.05) is 17.7 Å². The fraction of sp³-hybridized carbons (Fsp3) is 0.316. The number of rotatable bonds is 7. The van der Waals surface area contributed by atoms with E-state index in [9.17, 15) is 9.59 Å². The molecule has 0 unspecified atom stereocenters. The summed E-state index contributed by atoms with van der Waals surface area (Å²) in [6.07, 6.45) is 0.303. The van der Waals surface area contributed by atoms with Crippen molar-refractivity contribution in [1.82, 2.24) is 4.98 Å². The van der Waals surface area contributed by atoms with Crippen molar-refractivity contribution in [2.24, 2.45) is 0 Å². The van der Waals surface area contributed by atoms with Crippen LogP contribution in [0.3, 0.4) is 0 Å². The number of fused-ring (bicyclic) bond motifs is 1. The molecule has 2 aromatic heterocycles. The number of esters is 1. The van der Waals surface area contributed by atoms with E-state index in [4.69, 9.17) is 4.74 Å². The summed E-state index contributed by atoms with van der Waals surface area (Å²) in [5.41, 5.74) is 1.82. The van der Waals surface area contributed by atoms with Crippen molar-refractivity contribution in [3.63, 3.8) is 0 Å².